The van der Waals surface area contributed by atoms with Gasteiger partial charge in [-0.05, 0) is 18.6 Å². The molecule has 0 aliphatic heterocycles. The first-order valence-electron chi connectivity index (χ1n) is 7.66. The van der Waals surface area contributed by atoms with Gasteiger partial charge in [-0.2, -0.15) is 18.2 Å². The maximum absolute atomic E-state index is 13.1. The quantitative estimate of drug-likeness (QED) is 0.585. The molecule has 26 heavy (non-hydrogen) atoms. The van der Waals surface area contributed by atoms with Crippen LogP contribution in [0.4, 0.5) is 30.6 Å². The van der Waals surface area contributed by atoms with Crippen molar-refractivity contribution in [3.63, 3.8) is 0 Å². The third-order valence-electron chi connectivity index (χ3n) is 3.35. The SMILES string of the molecule is CC(=O)NCCNc1nc(Nc2ccc(C)c(O)c2)ncc1C(F)(F)F. The highest BCUT2D eigenvalue weighted by Crippen LogP contribution is 2.34. The van der Waals surface area contributed by atoms with Crippen molar-refractivity contribution in [1.29, 1.82) is 0 Å². The molecule has 0 atom stereocenters. The Balaban J connectivity index is 2.21. The average Bonchev–Trinajstić information content (AvgIpc) is 2.54. The van der Waals surface area contributed by atoms with Crippen LogP contribution in [0.3, 0.4) is 0 Å². The summed E-state index contributed by atoms with van der Waals surface area (Å²) in [4.78, 5) is 18.3. The Bertz CT molecular complexity index is 796. The third kappa shape index (κ3) is 5.23. The van der Waals surface area contributed by atoms with Crippen molar-refractivity contribution in [3.05, 3.63) is 35.5 Å². The van der Waals surface area contributed by atoms with Crippen LogP contribution >= 0.6 is 0 Å². The Labute approximate surface area is 147 Å². The lowest BCUT2D eigenvalue weighted by molar-refractivity contribution is -0.137. The van der Waals surface area contributed by atoms with Gasteiger partial charge < -0.3 is 21.1 Å². The number of nitrogens with zero attached hydrogens (tertiary/aromatic N) is 2. The summed E-state index contributed by atoms with van der Waals surface area (Å²) in [6, 6.07) is 4.70. The summed E-state index contributed by atoms with van der Waals surface area (Å²) >= 11 is 0. The summed E-state index contributed by atoms with van der Waals surface area (Å²) in [5.41, 5.74) is 0.0684. The maximum Gasteiger partial charge on any atom is 0.421 e. The van der Waals surface area contributed by atoms with Gasteiger partial charge in [-0.25, -0.2) is 4.98 Å². The standard InChI is InChI=1S/C16H18F3N5O2/c1-9-3-4-11(7-13(9)26)23-15-22-8-12(16(17,18)19)14(24-15)21-6-5-20-10(2)25/h3-4,7-8,26H,5-6H2,1-2H3,(H,20,25)(H2,21,22,23,24). The van der Waals surface area contributed by atoms with Crippen molar-refractivity contribution in [2.45, 2.75) is 20.0 Å². The number of nitrogens with one attached hydrogen (secondary N) is 3. The normalized spacial score (nSPS) is 11.1. The van der Waals surface area contributed by atoms with E-state index in [1.54, 1.807) is 19.1 Å². The molecule has 1 heterocycles. The molecule has 1 amide bonds. The minimum atomic E-state index is -4.63. The fourth-order valence-electron chi connectivity index (χ4n) is 2.02. The molecule has 4 N–H and O–H groups in total. The van der Waals surface area contributed by atoms with E-state index in [0.717, 1.165) is 0 Å². The minimum Gasteiger partial charge on any atom is -0.508 e. The highest BCUT2D eigenvalue weighted by molar-refractivity contribution is 5.72. The second kappa shape index (κ2) is 7.89. The number of carbonyl (C=O) groups is 1. The number of halogens is 3. The zero-order chi connectivity index (χ0) is 19.3. The summed E-state index contributed by atoms with van der Waals surface area (Å²) in [6.07, 6.45) is -3.96. The summed E-state index contributed by atoms with van der Waals surface area (Å²) in [5, 5.41) is 17.5. The lowest BCUT2D eigenvalue weighted by Gasteiger charge is -2.15. The molecular weight excluding hydrogens is 351 g/mol. The van der Waals surface area contributed by atoms with Crippen molar-refractivity contribution < 1.29 is 23.1 Å². The third-order valence-corrected chi connectivity index (χ3v) is 3.35. The molecular formula is C16H18F3N5O2. The van der Waals surface area contributed by atoms with E-state index in [1.807, 2.05) is 0 Å². The van der Waals surface area contributed by atoms with E-state index in [1.165, 1.54) is 13.0 Å². The van der Waals surface area contributed by atoms with Crippen LogP contribution in [0.2, 0.25) is 0 Å². The first-order valence-corrected chi connectivity index (χ1v) is 7.66. The number of anilines is 3. The van der Waals surface area contributed by atoms with Gasteiger partial charge in [0.05, 0.1) is 0 Å². The van der Waals surface area contributed by atoms with Crippen LogP contribution in [0.15, 0.2) is 24.4 Å². The number of rotatable bonds is 6. The molecule has 7 nitrogen and oxygen atoms in total. The van der Waals surface area contributed by atoms with Crippen molar-refractivity contribution in [2.24, 2.45) is 0 Å². The predicted molar refractivity (Wildman–Crippen MR) is 90.3 cm³/mol. The zero-order valence-corrected chi connectivity index (χ0v) is 14.1. The van der Waals surface area contributed by atoms with Crippen LogP contribution in [0, 0.1) is 6.92 Å². The Kier molecular flexibility index (Phi) is 5.86. The monoisotopic (exact) mass is 369 g/mol. The molecule has 1 aromatic heterocycles. The molecule has 0 unspecified atom stereocenters. The van der Waals surface area contributed by atoms with Gasteiger partial charge in [0.25, 0.3) is 0 Å². The van der Waals surface area contributed by atoms with Crippen LogP contribution in [-0.4, -0.2) is 34.1 Å². The van der Waals surface area contributed by atoms with Gasteiger partial charge in [-0.3, -0.25) is 4.79 Å². The van der Waals surface area contributed by atoms with Crippen LogP contribution in [0.1, 0.15) is 18.1 Å². The second-order valence-electron chi connectivity index (χ2n) is 5.49. The Hall–Kier alpha value is -3.04. The predicted octanol–water partition coefficient (Wildman–Crippen LogP) is 2.80. The Morgan fingerprint density at radius 3 is 2.62 bits per heavy atom. The molecule has 10 heteroatoms. The minimum absolute atomic E-state index is 0.0376. The number of hydrogen-bond donors (Lipinski definition) is 4. The van der Waals surface area contributed by atoms with E-state index in [2.05, 4.69) is 25.9 Å². The fraction of sp³-hybridized carbons (Fsp3) is 0.312. The summed E-state index contributed by atoms with van der Waals surface area (Å²) in [7, 11) is 0. The van der Waals surface area contributed by atoms with Gasteiger partial charge in [-0.1, -0.05) is 6.07 Å². The van der Waals surface area contributed by atoms with E-state index in [0.29, 0.717) is 17.4 Å². The Morgan fingerprint density at radius 1 is 1.27 bits per heavy atom. The first kappa shape index (κ1) is 19.3. The number of hydrogen-bond acceptors (Lipinski definition) is 6. The number of aromatic hydroxyl groups is 1. The number of aromatic nitrogens is 2. The first-order chi connectivity index (χ1) is 12.2. The summed E-state index contributed by atoms with van der Waals surface area (Å²) < 4.78 is 39.3. The lowest BCUT2D eigenvalue weighted by atomic mass is 10.2. The number of benzene rings is 1. The number of phenols is 1. The summed E-state index contributed by atoms with van der Waals surface area (Å²) in [6.45, 7) is 3.23. The van der Waals surface area contributed by atoms with Crippen molar-refractivity contribution in [3.8, 4) is 5.75 Å². The number of aryl methyl sites for hydroxylation is 1. The molecule has 2 aromatic rings. The average molecular weight is 369 g/mol. The fourth-order valence-corrected chi connectivity index (χ4v) is 2.02. The van der Waals surface area contributed by atoms with Crippen LogP contribution in [0.5, 0.6) is 5.75 Å². The van der Waals surface area contributed by atoms with Gasteiger partial charge in [0, 0.05) is 38.0 Å². The Morgan fingerprint density at radius 2 is 2.00 bits per heavy atom. The van der Waals surface area contributed by atoms with Crippen molar-refractivity contribution in [1.82, 2.24) is 15.3 Å². The van der Waals surface area contributed by atoms with E-state index in [-0.39, 0.29) is 30.7 Å². The van der Waals surface area contributed by atoms with E-state index >= 15 is 0 Å². The second-order valence-corrected chi connectivity index (χ2v) is 5.49. The number of carbonyl (C=O) groups excluding carboxylic acids is 1. The van der Waals surface area contributed by atoms with Gasteiger partial charge in [0.2, 0.25) is 11.9 Å². The molecule has 0 aliphatic rings. The number of alkyl halides is 3. The zero-order valence-electron chi connectivity index (χ0n) is 14.1. The molecule has 140 valence electrons. The van der Waals surface area contributed by atoms with Gasteiger partial charge in [0.1, 0.15) is 17.1 Å². The number of amides is 1. The highest BCUT2D eigenvalue weighted by atomic mass is 19.4. The van der Waals surface area contributed by atoms with Crippen molar-refractivity contribution >= 4 is 23.4 Å². The van der Waals surface area contributed by atoms with Crippen LogP contribution in [0.25, 0.3) is 0 Å². The van der Waals surface area contributed by atoms with Gasteiger partial charge in [-0.15, -0.1) is 0 Å². The maximum atomic E-state index is 13.1. The van der Waals surface area contributed by atoms with Gasteiger partial charge in [0.15, 0.2) is 0 Å². The molecule has 0 saturated carbocycles. The van der Waals surface area contributed by atoms with Crippen molar-refractivity contribution in [2.75, 3.05) is 23.7 Å². The van der Waals surface area contributed by atoms with Gasteiger partial charge >= 0.3 is 6.18 Å². The molecule has 0 bridgehead atoms. The lowest BCUT2D eigenvalue weighted by Crippen LogP contribution is -2.27. The number of phenolic OH excluding ortho intramolecular Hbond substituents is 1. The topological polar surface area (TPSA) is 99.2 Å². The highest BCUT2D eigenvalue weighted by Gasteiger charge is 2.35. The largest absolute Gasteiger partial charge is 0.508 e. The molecule has 0 spiro atoms. The van der Waals surface area contributed by atoms with E-state index in [4.69, 9.17) is 0 Å². The molecule has 0 saturated heterocycles. The van der Waals surface area contributed by atoms with Crippen LogP contribution in [-0.2, 0) is 11.0 Å². The van der Waals surface area contributed by atoms with E-state index < -0.39 is 17.6 Å². The van der Waals surface area contributed by atoms with E-state index in [9.17, 15) is 23.1 Å². The molecule has 2 rings (SSSR count). The molecule has 0 aliphatic carbocycles. The molecule has 0 fully saturated rings. The van der Waals surface area contributed by atoms with Crippen LogP contribution < -0.4 is 16.0 Å². The summed E-state index contributed by atoms with van der Waals surface area (Å²) in [5.74, 6) is -0.720. The molecule has 1 aromatic carbocycles. The molecule has 0 radical (unpaired) electrons. The smallest absolute Gasteiger partial charge is 0.421 e.